The van der Waals surface area contributed by atoms with Crippen molar-refractivity contribution < 1.29 is 9.59 Å². The van der Waals surface area contributed by atoms with Crippen LogP contribution in [0.25, 0.3) is 0 Å². The highest BCUT2D eigenvalue weighted by atomic mass is 16.2. The molecule has 0 saturated carbocycles. The maximum atomic E-state index is 13.1. The lowest BCUT2D eigenvalue weighted by Crippen LogP contribution is -2.44. The van der Waals surface area contributed by atoms with Crippen molar-refractivity contribution in [3.63, 3.8) is 0 Å². The molecule has 2 N–H and O–H groups in total. The number of hydrogen-bond acceptors (Lipinski definition) is 5. The Bertz CT molecular complexity index is 1300. The highest BCUT2D eigenvalue weighted by Crippen LogP contribution is 2.22. The number of amidine groups is 1. The van der Waals surface area contributed by atoms with Gasteiger partial charge in [-0.25, -0.2) is 0 Å². The van der Waals surface area contributed by atoms with Gasteiger partial charge in [-0.15, -0.1) is 0 Å². The Balaban J connectivity index is 1.25. The molecule has 2 aliphatic heterocycles. The van der Waals surface area contributed by atoms with Crippen LogP contribution >= 0.6 is 0 Å². The average Bonchev–Trinajstić information content (AvgIpc) is 3.34. The van der Waals surface area contributed by atoms with Crippen LogP contribution in [0.2, 0.25) is 0 Å². The van der Waals surface area contributed by atoms with Crippen LogP contribution in [0.5, 0.6) is 0 Å². The number of likely N-dealkylation sites (N-methyl/N-ethyl adjacent to an activating group) is 1. The zero-order valence-corrected chi connectivity index (χ0v) is 21.4. The zero-order chi connectivity index (χ0) is 25.8. The van der Waals surface area contributed by atoms with Gasteiger partial charge in [0.1, 0.15) is 5.84 Å². The summed E-state index contributed by atoms with van der Waals surface area (Å²) in [5.41, 5.74) is 5.12. The number of hydrogen-bond donors (Lipinski definition) is 2. The van der Waals surface area contributed by atoms with Gasteiger partial charge in [0.05, 0.1) is 12.6 Å². The fourth-order valence-electron chi connectivity index (χ4n) is 4.85. The number of rotatable bonds is 6. The van der Waals surface area contributed by atoms with Gasteiger partial charge < -0.3 is 20.4 Å². The van der Waals surface area contributed by atoms with Crippen LogP contribution in [0, 0.1) is 0 Å². The van der Waals surface area contributed by atoms with E-state index in [4.69, 9.17) is 0 Å². The highest BCUT2D eigenvalue weighted by Gasteiger charge is 2.22. The molecular formula is C30H33N5O2. The van der Waals surface area contributed by atoms with Gasteiger partial charge in [-0.2, -0.15) is 0 Å². The van der Waals surface area contributed by atoms with E-state index in [1.54, 1.807) is 0 Å². The summed E-state index contributed by atoms with van der Waals surface area (Å²) in [6.07, 6.45) is 0.789. The summed E-state index contributed by atoms with van der Waals surface area (Å²) < 4.78 is 0. The summed E-state index contributed by atoms with van der Waals surface area (Å²) in [5.74, 6) is 0.157. The third-order valence-corrected chi connectivity index (χ3v) is 7.18. The zero-order valence-electron chi connectivity index (χ0n) is 21.4. The first kappa shape index (κ1) is 24.7. The normalized spacial score (nSPS) is 16.1. The number of amides is 2. The second kappa shape index (κ2) is 11.0. The third kappa shape index (κ3) is 5.57. The molecule has 0 aliphatic carbocycles. The minimum Gasteiger partial charge on any atom is -0.369 e. The maximum Gasteiger partial charge on any atom is 0.256 e. The van der Waals surface area contributed by atoms with Crippen LogP contribution in [-0.2, 0) is 6.54 Å². The first-order chi connectivity index (χ1) is 18.0. The number of piperazine rings is 1. The molecule has 2 aliphatic rings. The van der Waals surface area contributed by atoms with Crippen molar-refractivity contribution in [2.45, 2.75) is 25.9 Å². The number of nitrogens with zero attached hydrogens (tertiary/aromatic N) is 3. The molecule has 0 aromatic heterocycles. The van der Waals surface area contributed by atoms with E-state index < -0.39 is 0 Å². The second-order valence-corrected chi connectivity index (χ2v) is 9.67. The number of nitrogens with one attached hydrogen (secondary N) is 2. The van der Waals surface area contributed by atoms with E-state index >= 15 is 0 Å². The molecule has 7 heteroatoms. The van der Waals surface area contributed by atoms with E-state index in [1.165, 1.54) is 0 Å². The summed E-state index contributed by atoms with van der Waals surface area (Å²) in [5, 5.41) is 6.09. The van der Waals surface area contributed by atoms with E-state index in [9.17, 15) is 9.59 Å². The number of fused-ring (bicyclic) bond motifs is 1. The van der Waals surface area contributed by atoms with Gasteiger partial charge >= 0.3 is 0 Å². The Morgan fingerprint density at radius 1 is 0.892 bits per heavy atom. The summed E-state index contributed by atoms with van der Waals surface area (Å²) in [6.45, 7) is 6.57. The predicted molar refractivity (Wildman–Crippen MR) is 147 cm³/mol. The monoisotopic (exact) mass is 495 g/mol. The van der Waals surface area contributed by atoms with Crippen LogP contribution in [-0.4, -0.2) is 55.8 Å². The topological polar surface area (TPSA) is 77.0 Å². The van der Waals surface area contributed by atoms with Crippen molar-refractivity contribution in [3.8, 4) is 0 Å². The minimum atomic E-state index is -0.207. The number of carbonyl (C=O) groups excluding carboxylic acids is 2. The third-order valence-electron chi connectivity index (χ3n) is 7.18. The van der Waals surface area contributed by atoms with E-state index in [1.807, 2.05) is 72.8 Å². The van der Waals surface area contributed by atoms with Crippen molar-refractivity contribution in [3.05, 3.63) is 101 Å². The molecule has 0 bridgehead atoms. The molecule has 190 valence electrons. The van der Waals surface area contributed by atoms with Gasteiger partial charge in [0.25, 0.3) is 11.8 Å². The van der Waals surface area contributed by atoms with E-state index in [-0.39, 0.29) is 17.9 Å². The van der Waals surface area contributed by atoms with Crippen molar-refractivity contribution in [1.29, 1.82) is 0 Å². The molecule has 1 fully saturated rings. The first-order valence-electron chi connectivity index (χ1n) is 12.9. The number of anilines is 1. The predicted octanol–water partition coefficient (Wildman–Crippen LogP) is 4.01. The van der Waals surface area contributed by atoms with Gasteiger partial charge in [-0.3, -0.25) is 14.6 Å². The van der Waals surface area contributed by atoms with Crippen molar-refractivity contribution >= 4 is 23.3 Å². The standard InChI is InChI=1S/C30H33N5O2/c1-3-27(21-7-5-4-6-8-21)32-30(37)23-9-10-24-20-31-28(26(24)19-23)33-29(36)22-11-13-25(14-12-22)35-17-15-34(2)16-18-35/h4-14,19,27H,3,15-18,20H2,1-2H3,(H,32,37)(H,31,33,36). The van der Waals surface area contributed by atoms with Gasteiger partial charge in [-0.1, -0.05) is 43.3 Å². The lowest BCUT2D eigenvalue weighted by molar-refractivity contribution is 0.0934. The SMILES string of the molecule is CCC(NC(=O)c1ccc2c(c1)C(NC(=O)c1ccc(N3CCN(C)CC3)cc1)=NC2)c1ccccc1. The Hall–Kier alpha value is -3.97. The molecule has 1 unspecified atom stereocenters. The largest absolute Gasteiger partial charge is 0.369 e. The Labute approximate surface area is 218 Å². The fourth-order valence-corrected chi connectivity index (χ4v) is 4.85. The summed E-state index contributed by atoms with van der Waals surface area (Å²) >= 11 is 0. The average molecular weight is 496 g/mol. The van der Waals surface area contributed by atoms with Crippen molar-refractivity contribution in [1.82, 2.24) is 15.5 Å². The smallest absolute Gasteiger partial charge is 0.256 e. The summed E-state index contributed by atoms with van der Waals surface area (Å²) in [6, 6.07) is 23.2. The van der Waals surface area contributed by atoms with E-state index in [2.05, 4.69) is 39.4 Å². The lowest BCUT2D eigenvalue weighted by Gasteiger charge is -2.34. The number of carbonyl (C=O) groups is 2. The quantitative estimate of drug-likeness (QED) is 0.542. The van der Waals surface area contributed by atoms with Crippen molar-refractivity contribution in [2.24, 2.45) is 4.99 Å². The molecule has 7 nitrogen and oxygen atoms in total. The molecule has 2 heterocycles. The lowest BCUT2D eigenvalue weighted by atomic mass is 10.0. The van der Waals surface area contributed by atoms with Crippen LogP contribution in [0.1, 0.15) is 56.8 Å². The molecule has 0 radical (unpaired) electrons. The number of aliphatic imine (C=N–C) groups is 1. The molecule has 37 heavy (non-hydrogen) atoms. The van der Waals surface area contributed by atoms with Crippen LogP contribution < -0.4 is 15.5 Å². The maximum absolute atomic E-state index is 13.1. The highest BCUT2D eigenvalue weighted by molar-refractivity contribution is 6.15. The Morgan fingerprint density at radius 3 is 2.30 bits per heavy atom. The summed E-state index contributed by atoms with van der Waals surface area (Å²) in [4.78, 5) is 35.3. The van der Waals surface area contributed by atoms with Gasteiger partial charge in [0.2, 0.25) is 0 Å². The molecule has 3 aromatic rings. The van der Waals surface area contributed by atoms with Gasteiger partial charge in [0, 0.05) is 48.6 Å². The number of benzene rings is 3. The van der Waals surface area contributed by atoms with Crippen LogP contribution in [0.3, 0.4) is 0 Å². The second-order valence-electron chi connectivity index (χ2n) is 9.67. The van der Waals surface area contributed by atoms with Crippen LogP contribution in [0.4, 0.5) is 5.69 Å². The fraction of sp³-hybridized carbons (Fsp3) is 0.300. The van der Waals surface area contributed by atoms with Gasteiger partial charge in [0.15, 0.2) is 0 Å². The van der Waals surface area contributed by atoms with E-state index in [0.29, 0.717) is 23.5 Å². The van der Waals surface area contributed by atoms with Crippen LogP contribution in [0.15, 0.2) is 77.8 Å². The molecular weight excluding hydrogens is 462 g/mol. The molecule has 1 saturated heterocycles. The summed E-state index contributed by atoms with van der Waals surface area (Å²) in [7, 11) is 2.14. The molecule has 3 aromatic carbocycles. The Kier molecular flexibility index (Phi) is 7.32. The minimum absolute atomic E-state index is 0.0661. The van der Waals surface area contributed by atoms with E-state index in [0.717, 1.165) is 55.0 Å². The first-order valence-corrected chi connectivity index (χ1v) is 12.9. The molecule has 1 atom stereocenters. The van der Waals surface area contributed by atoms with Crippen molar-refractivity contribution in [2.75, 3.05) is 38.1 Å². The molecule has 0 spiro atoms. The van der Waals surface area contributed by atoms with Gasteiger partial charge in [-0.05, 0) is 61.0 Å². The molecule has 2 amide bonds. The molecule has 5 rings (SSSR count). The Morgan fingerprint density at radius 2 is 1.59 bits per heavy atom.